The standard InChI is InChI=1S/C15H17Cl2N3O/c1-10(16)15-18-12-6-4-5-11(17)14(12)20(15)9-13(21)19-7-2-3-8-19/h4-6,10H,2-3,7-9H2,1H3. The van der Waals surface area contributed by atoms with Gasteiger partial charge >= 0.3 is 0 Å². The van der Waals surface area contributed by atoms with Crippen molar-refractivity contribution in [2.45, 2.75) is 31.7 Å². The Morgan fingerprint density at radius 2 is 2.10 bits per heavy atom. The molecule has 21 heavy (non-hydrogen) atoms. The van der Waals surface area contributed by atoms with Crippen LogP contribution >= 0.6 is 23.2 Å². The Morgan fingerprint density at radius 1 is 1.38 bits per heavy atom. The summed E-state index contributed by atoms with van der Waals surface area (Å²) in [5, 5.41) is 0.317. The summed E-state index contributed by atoms with van der Waals surface area (Å²) >= 11 is 12.5. The van der Waals surface area contributed by atoms with E-state index >= 15 is 0 Å². The zero-order chi connectivity index (χ0) is 15.0. The SMILES string of the molecule is CC(Cl)c1nc2cccc(Cl)c2n1CC(=O)N1CCCC1. The van der Waals surface area contributed by atoms with Crippen molar-refractivity contribution in [1.82, 2.24) is 14.5 Å². The molecule has 1 aliphatic rings. The molecule has 0 radical (unpaired) electrons. The summed E-state index contributed by atoms with van der Waals surface area (Å²) in [6.07, 6.45) is 2.16. The molecule has 1 aliphatic heterocycles. The summed E-state index contributed by atoms with van der Waals surface area (Å²) in [6.45, 7) is 3.77. The maximum Gasteiger partial charge on any atom is 0.242 e. The number of alkyl halides is 1. The second-order valence-corrected chi connectivity index (χ2v) is 6.43. The first kappa shape index (κ1) is 14.7. The van der Waals surface area contributed by atoms with E-state index in [4.69, 9.17) is 23.2 Å². The highest BCUT2D eigenvalue weighted by molar-refractivity contribution is 6.35. The summed E-state index contributed by atoms with van der Waals surface area (Å²) in [6, 6.07) is 5.55. The molecule has 6 heteroatoms. The van der Waals surface area contributed by atoms with Gasteiger partial charge in [0, 0.05) is 13.1 Å². The van der Waals surface area contributed by atoms with Crippen molar-refractivity contribution in [3.05, 3.63) is 29.0 Å². The minimum atomic E-state index is -0.278. The Hall–Kier alpha value is -1.26. The number of amides is 1. The Bertz CT molecular complexity index is 675. The number of imidazole rings is 1. The Morgan fingerprint density at radius 3 is 2.76 bits per heavy atom. The van der Waals surface area contributed by atoms with Gasteiger partial charge in [-0.1, -0.05) is 17.7 Å². The number of hydrogen-bond donors (Lipinski definition) is 0. The van der Waals surface area contributed by atoms with Crippen molar-refractivity contribution in [1.29, 1.82) is 0 Å². The molecule has 1 aromatic carbocycles. The molecule has 112 valence electrons. The maximum absolute atomic E-state index is 12.4. The van der Waals surface area contributed by atoms with Crippen LogP contribution in [0.5, 0.6) is 0 Å². The van der Waals surface area contributed by atoms with E-state index in [-0.39, 0.29) is 17.8 Å². The van der Waals surface area contributed by atoms with Gasteiger partial charge in [-0.3, -0.25) is 4.79 Å². The second kappa shape index (κ2) is 5.85. The molecule has 0 N–H and O–H groups in total. The fraction of sp³-hybridized carbons (Fsp3) is 0.467. The fourth-order valence-corrected chi connectivity index (χ4v) is 3.26. The largest absolute Gasteiger partial charge is 0.341 e. The lowest BCUT2D eigenvalue weighted by atomic mass is 10.3. The average molecular weight is 326 g/mol. The highest BCUT2D eigenvalue weighted by Gasteiger charge is 2.23. The quantitative estimate of drug-likeness (QED) is 0.808. The molecule has 2 aromatic rings. The number of rotatable bonds is 3. The lowest BCUT2D eigenvalue weighted by Crippen LogP contribution is -2.31. The van der Waals surface area contributed by atoms with Crippen LogP contribution < -0.4 is 0 Å². The number of nitrogens with zero attached hydrogens (tertiary/aromatic N) is 3. The molecule has 2 heterocycles. The van der Waals surface area contributed by atoms with Crippen LogP contribution in [0.15, 0.2) is 18.2 Å². The van der Waals surface area contributed by atoms with Gasteiger partial charge in [0.15, 0.2) is 0 Å². The van der Waals surface area contributed by atoms with Gasteiger partial charge in [-0.2, -0.15) is 0 Å². The number of hydrogen-bond acceptors (Lipinski definition) is 2. The van der Waals surface area contributed by atoms with Crippen LogP contribution in [-0.4, -0.2) is 33.4 Å². The molecule has 1 aromatic heterocycles. The van der Waals surface area contributed by atoms with E-state index < -0.39 is 0 Å². The van der Waals surface area contributed by atoms with Crippen LogP contribution in [0.3, 0.4) is 0 Å². The number of likely N-dealkylation sites (tertiary alicyclic amines) is 1. The zero-order valence-corrected chi connectivity index (χ0v) is 13.4. The topological polar surface area (TPSA) is 38.1 Å². The summed E-state index contributed by atoms with van der Waals surface area (Å²) in [5.74, 6) is 0.789. The lowest BCUT2D eigenvalue weighted by Gasteiger charge is -2.17. The van der Waals surface area contributed by atoms with E-state index in [1.807, 2.05) is 34.6 Å². The molecule has 1 atom stereocenters. The van der Waals surface area contributed by atoms with Gasteiger partial charge in [0.05, 0.1) is 21.4 Å². The third kappa shape index (κ3) is 2.74. The third-order valence-corrected chi connectivity index (χ3v) is 4.36. The monoisotopic (exact) mass is 325 g/mol. The van der Waals surface area contributed by atoms with Crippen LogP contribution in [0.1, 0.15) is 31.0 Å². The first-order valence-corrected chi connectivity index (χ1v) is 7.96. The normalized spacial score (nSPS) is 16.6. The zero-order valence-electron chi connectivity index (χ0n) is 11.9. The molecular formula is C15H17Cl2N3O. The van der Waals surface area contributed by atoms with Crippen LogP contribution in [0.4, 0.5) is 0 Å². The number of carbonyl (C=O) groups is 1. The third-order valence-electron chi connectivity index (χ3n) is 3.85. The van der Waals surface area contributed by atoms with E-state index in [1.165, 1.54) is 0 Å². The Kier molecular flexibility index (Phi) is 4.09. The van der Waals surface area contributed by atoms with E-state index in [9.17, 15) is 4.79 Å². The highest BCUT2D eigenvalue weighted by atomic mass is 35.5. The summed E-state index contributed by atoms with van der Waals surface area (Å²) in [4.78, 5) is 18.9. The van der Waals surface area contributed by atoms with E-state index in [0.29, 0.717) is 10.8 Å². The van der Waals surface area contributed by atoms with Crippen molar-refractivity contribution in [2.24, 2.45) is 0 Å². The van der Waals surface area contributed by atoms with E-state index in [2.05, 4.69) is 4.98 Å². The van der Waals surface area contributed by atoms with Gasteiger partial charge in [0.1, 0.15) is 12.4 Å². The molecule has 0 bridgehead atoms. The van der Waals surface area contributed by atoms with Crippen molar-refractivity contribution < 1.29 is 4.79 Å². The molecule has 0 saturated carbocycles. The van der Waals surface area contributed by atoms with Crippen molar-refractivity contribution in [3.63, 3.8) is 0 Å². The first-order valence-electron chi connectivity index (χ1n) is 7.14. The predicted molar refractivity (Wildman–Crippen MR) is 84.8 cm³/mol. The molecule has 1 saturated heterocycles. The number of benzene rings is 1. The lowest BCUT2D eigenvalue weighted by molar-refractivity contribution is -0.130. The van der Waals surface area contributed by atoms with Gasteiger partial charge in [0.25, 0.3) is 0 Å². The van der Waals surface area contributed by atoms with Crippen LogP contribution in [0.25, 0.3) is 11.0 Å². The molecule has 1 fully saturated rings. The van der Waals surface area contributed by atoms with Crippen molar-refractivity contribution in [2.75, 3.05) is 13.1 Å². The maximum atomic E-state index is 12.4. The molecule has 3 rings (SSSR count). The van der Waals surface area contributed by atoms with Crippen molar-refractivity contribution >= 4 is 40.1 Å². The van der Waals surface area contributed by atoms with Gasteiger partial charge in [-0.25, -0.2) is 4.98 Å². The fourth-order valence-electron chi connectivity index (χ4n) is 2.83. The number of aromatic nitrogens is 2. The van der Waals surface area contributed by atoms with E-state index in [0.717, 1.165) is 37.0 Å². The smallest absolute Gasteiger partial charge is 0.242 e. The van der Waals surface area contributed by atoms with Crippen molar-refractivity contribution in [3.8, 4) is 0 Å². The number of halogens is 2. The van der Waals surface area contributed by atoms with Crippen LogP contribution in [0, 0.1) is 0 Å². The Balaban J connectivity index is 2.02. The van der Waals surface area contributed by atoms with Gasteiger partial charge in [-0.05, 0) is 31.9 Å². The van der Waals surface area contributed by atoms with Gasteiger partial charge in [-0.15, -0.1) is 11.6 Å². The van der Waals surface area contributed by atoms with Gasteiger partial charge < -0.3 is 9.47 Å². The molecular weight excluding hydrogens is 309 g/mol. The summed E-state index contributed by atoms with van der Waals surface area (Å²) in [7, 11) is 0. The molecule has 1 amide bonds. The predicted octanol–water partition coefficient (Wildman–Crippen LogP) is 3.61. The summed E-state index contributed by atoms with van der Waals surface area (Å²) in [5.41, 5.74) is 1.56. The number of para-hydroxylation sites is 1. The Labute approximate surface area is 133 Å². The minimum absolute atomic E-state index is 0.102. The van der Waals surface area contributed by atoms with Crippen LogP contribution in [0.2, 0.25) is 5.02 Å². The number of carbonyl (C=O) groups excluding carboxylic acids is 1. The molecule has 4 nitrogen and oxygen atoms in total. The van der Waals surface area contributed by atoms with Crippen LogP contribution in [-0.2, 0) is 11.3 Å². The molecule has 0 aliphatic carbocycles. The second-order valence-electron chi connectivity index (χ2n) is 5.37. The molecule has 1 unspecified atom stereocenters. The first-order chi connectivity index (χ1) is 10.1. The number of fused-ring (bicyclic) bond motifs is 1. The molecule has 0 spiro atoms. The average Bonchev–Trinajstić information content (AvgIpc) is 3.07. The minimum Gasteiger partial charge on any atom is -0.341 e. The highest BCUT2D eigenvalue weighted by Crippen LogP contribution is 2.29. The summed E-state index contributed by atoms with van der Waals surface area (Å²) < 4.78 is 1.86. The van der Waals surface area contributed by atoms with Gasteiger partial charge in [0.2, 0.25) is 5.91 Å². The van der Waals surface area contributed by atoms with E-state index in [1.54, 1.807) is 0 Å².